The lowest BCUT2D eigenvalue weighted by molar-refractivity contribution is 0.286. The third-order valence-electron chi connectivity index (χ3n) is 3.26. The highest BCUT2D eigenvalue weighted by Crippen LogP contribution is 2.14. The van der Waals surface area contributed by atoms with Crippen molar-refractivity contribution in [2.24, 2.45) is 0 Å². The van der Waals surface area contributed by atoms with Gasteiger partial charge in [0.2, 0.25) is 0 Å². The Labute approximate surface area is 123 Å². The van der Waals surface area contributed by atoms with E-state index in [1.165, 1.54) is 31.2 Å². The van der Waals surface area contributed by atoms with Gasteiger partial charge in [0.05, 0.1) is 6.61 Å². The van der Waals surface area contributed by atoms with E-state index in [0.29, 0.717) is 0 Å². The molecular weight excluding hydrogens is 250 g/mol. The summed E-state index contributed by atoms with van der Waals surface area (Å²) in [6, 6.07) is 8.25. The smallest absolute Gasteiger partial charge is 0.119 e. The molecule has 0 saturated heterocycles. The molecule has 0 bridgehead atoms. The van der Waals surface area contributed by atoms with Gasteiger partial charge in [-0.25, -0.2) is 0 Å². The number of benzene rings is 1. The molecule has 1 aromatic carbocycles. The van der Waals surface area contributed by atoms with Crippen molar-refractivity contribution in [1.29, 1.82) is 0 Å². The van der Waals surface area contributed by atoms with Crippen LogP contribution in [0.1, 0.15) is 51.0 Å². The SMILES string of the molecule is CCCCCCCOc1cccc(CNCCCO)c1. The highest BCUT2D eigenvalue weighted by Gasteiger charge is 1.97. The molecule has 0 atom stereocenters. The Morgan fingerprint density at radius 3 is 2.75 bits per heavy atom. The molecule has 0 radical (unpaired) electrons. The first-order chi connectivity index (χ1) is 9.86. The van der Waals surface area contributed by atoms with Crippen molar-refractivity contribution in [3.05, 3.63) is 29.8 Å². The summed E-state index contributed by atoms with van der Waals surface area (Å²) < 4.78 is 5.79. The van der Waals surface area contributed by atoms with Crippen molar-refractivity contribution in [3.63, 3.8) is 0 Å². The molecule has 3 heteroatoms. The van der Waals surface area contributed by atoms with Crippen LogP contribution in [0.4, 0.5) is 0 Å². The lowest BCUT2D eigenvalue weighted by Gasteiger charge is -2.09. The van der Waals surface area contributed by atoms with Gasteiger partial charge in [-0.05, 0) is 37.1 Å². The van der Waals surface area contributed by atoms with Crippen LogP contribution in [-0.4, -0.2) is 24.9 Å². The van der Waals surface area contributed by atoms with Gasteiger partial charge < -0.3 is 15.2 Å². The molecule has 2 N–H and O–H groups in total. The Bertz CT molecular complexity index is 342. The van der Waals surface area contributed by atoms with Gasteiger partial charge in [-0.2, -0.15) is 0 Å². The van der Waals surface area contributed by atoms with E-state index in [-0.39, 0.29) is 6.61 Å². The summed E-state index contributed by atoms with van der Waals surface area (Å²) in [5.41, 5.74) is 1.23. The third kappa shape index (κ3) is 8.18. The zero-order chi connectivity index (χ0) is 14.5. The Morgan fingerprint density at radius 2 is 1.95 bits per heavy atom. The van der Waals surface area contributed by atoms with Gasteiger partial charge in [0.25, 0.3) is 0 Å². The second-order valence-corrected chi connectivity index (χ2v) is 5.16. The fourth-order valence-corrected chi connectivity index (χ4v) is 2.08. The number of rotatable bonds is 12. The number of aliphatic hydroxyl groups excluding tert-OH is 1. The second-order valence-electron chi connectivity index (χ2n) is 5.16. The van der Waals surface area contributed by atoms with Crippen LogP contribution in [0, 0.1) is 0 Å². The zero-order valence-corrected chi connectivity index (χ0v) is 12.7. The summed E-state index contributed by atoms with van der Waals surface area (Å²) in [4.78, 5) is 0. The molecular formula is C17H29NO2. The minimum Gasteiger partial charge on any atom is -0.494 e. The van der Waals surface area contributed by atoms with E-state index < -0.39 is 0 Å². The van der Waals surface area contributed by atoms with Crippen molar-refractivity contribution in [1.82, 2.24) is 5.32 Å². The van der Waals surface area contributed by atoms with Crippen LogP contribution in [0.5, 0.6) is 5.75 Å². The lowest BCUT2D eigenvalue weighted by atomic mass is 10.2. The number of nitrogens with one attached hydrogen (secondary N) is 1. The van der Waals surface area contributed by atoms with Crippen LogP contribution in [0.15, 0.2) is 24.3 Å². The van der Waals surface area contributed by atoms with Gasteiger partial charge >= 0.3 is 0 Å². The maximum absolute atomic E-state index is 8.72. The van der Waals surface area contributed by atoms with E-state index in [1.54, 1.807) is 0 Å². The first-order valence-corrected chi connectivity index (χ1v) is 7.90. The van der Waals surface area contributed by atoms with Crippen LogP contribution in [0.25, 0.3) is 0 Å². The fraction of sp³-hybridized carbons (Fsp3) is 0.647. The average Bonchev–Trinajstić information content (AvgIpc) is 2.48. The molecule has 1 rings (SSSR count). The Hall–Kier alpha value is -1.06. The van der Waals surface area contributed by atoms with E-state index in [4.69, 9.17) is 9.84 Å². The molecule has 0 heterocycles. The monoisotopic (exact) mass is 279 g/mol. The van der Waals surface area contributed by atoms with Crippen molar-refractivity contribution in [3.8, 4) is 5.75 Å². The van der Waals surface area contributed by atoms with Crippen LogP contribution < -0.4 is 10.1 Å². The Balaban J connectivity index is 2.18. The van der Waals surface area contributed by atoms with E-state index in [1.807, 2.05) is 12.1 Å². The highest BCUT2D eigenvalue weighted by molar-refractivity contribution is 5.28. The molecule has 0 aliphatic rings. The number of ether oxygens (including phenoxy) is 1. The molecule has 0 aliphatic heterocycles. The molecule has 3 nitrogen and oxygen atoms in total. The molecule has 1 aromatic rings. The van der Waals surface area contributed by atoms with Crippen molar-refractivity contribution in [2.45, 2.75) is 52.0 Å². The maximum Gasteiger partial charge on any atom is 0.119 e. The van der Waals surface area contributed by atoms with Gasteiger partial charge in [0.1, 0.15) is 5.75 Å². The predicted molar refractivity (Wildman–Crippen MR) is 84.1 cm³/mol. The van der Waals surface area contributed by atoms with Gasteiger partial charge in [0, 0.05) is 13.2 Å². The molecule has 0 spiro atoms. The van der Waals surface area contributed by atoms with Gasteiger partial charge in [-0.15, -0.1) is 0 Å². The first-order valence-electron chi connectivity index (χ1n) is 7.90. The van der Waals surface area contributed by atoms with Crippen molar-refractivity contribution < 1.29 is 9.84 Å². The largest absolute Gasteiger partial charge is 0.494 e. The topological polar surface area (TPSA) is 41.5 Å². The zero-order valence-electron chi connectivity index (χ0n) is 12.7. The highest BCUT2D eigenvalue weighted by atomic mass is 16.5. The van der Waals surface area contributed by atoms with Crippen LogP contribution in [0.3, 0.4) is 0 Å². The minimum absolute atomic E-state index is 0.244. The Kier molecular flexibility index (Phi) is 9.98. The number of hydrogen-bond acceptors (Lipinski definition) is 3. The van der Waals surface area contributed by atoms with Crippen molar-refractivity contribution in [2.75, 3.05) is 19.8 Å². The predicted octanol–water partition coefficient (Wildman–Crippen LogP) is 3.51. The molecule has 0 fully saturated rings. The average molecular weight is 279 g/mol. The normalized spacial score (nSPS) is 10.7. The molecule has 0 aliphatic carbocycles. The molecule has 0 amide bonds. The van der Waals surface area contributed by atoms with Crippen LogP contribution in [0.2, 0.25) is 0 Å². The summed E-state index contributed by atoms with van der Waals surface area (Å²) in [5.74, 6) is 0.960. The van der Waals surface area contributed by atoms with Crippen LogP contribution >= 0.6 is 0 Å². The molecule has 0 saturated carbocycles. The molecule has 0 aromatic heterocycles. The third-order valence-corrected chi connectivity index (χ3v) is 3.26. The molecule has 114 valence electrons. The first kappa shape index (κ1) is 17.0. The van der Waals surface area contributed by atoms with Gasteiger partial charge in [-0.3, -0.25) is 0 Å². The van der Waals surface area contributed by atoms with E-state index in [0.717, 1.165) is 38.3 Å². The Morgan fingerprint density at radius 1 is 1.10 bits per heavy atom. The number of aliphatic hydroxyl groups is 1. The van der Waals surface area contributed by atoms with Crippen molar-refractivity contribution >= 4 is 0 Å². The summed E-state index contributed by atoms with van der Waals surface area (Å²) >= 11 is 0. The molecule has 0 unspecified atom stereocenters. The van der Waals surface area contributed by atoms with E-state index >= 15 is 0 Å². The summed E-state index contributed by atoms with van der Waals surface area (Å²) in [7, 11) is 0. The lowest BCUT2D eigenvalue weighted by Crippen LogP contribution is -2.15. The standard InChI is InChI=1S/C17H29NO2/c1-2-3-4-5-6-13-20-17-10-7-9-16(14-17)15-18-11-8-12-19/h7,9-10,14,18-19H,2-6,8,11-13,15H2,1H3. The fourth-order valence-electron chi connectivity index (χ4n) is 2.08. The maximum atomic E-state index is 8.72. The summed E-state index contributed by atoms with van der Waals surface area (Å²) in [6.07, 6.45) is 7.12. The number of hydrogen-bond donors (Lipinski definition) is 2. The van der Waals surface area contributed by atoms with Gasteiger partial charge in [0.15, 0.2) is 0 Å². The second kappa shape index (κ2) is 11.7. The van der Waals surface area contributed by atoms with Crippen LogP contribution in [-0.2, 0) is 6.54 Å². The number of unbranched alkanes of at least 4 members (excludes halogenated alkanes) is 4. The van der Waals surface area contributed by atoms with E-state index in [2.05, 4.69) is 24.4 Å². The quantitative estimate of drug-likeness (QED) is 0.575. The molecule has 20 heavy (non-hydrogen) atoms. The van der Waals surface area contributed by atoms with E-state index in [9.17, 15) is 0 Å². The summed E-state index contributed by atoms with van der Waals surface area (Å²) in [6.45, 7) is 4.96. The van der Waals surface area contributed by atoms with Gasteiger partial charge in [-0.1, -0.05) is 44.7 Å². The minimum atomic E-state index is 0.244. The summed E-state index contributed by atoms with van der Waals surface area (Å²) in [5, 5.41) is 12.0.